The Balaban J connectivity index is 0.00000400. The molecule has 0 fully saturated rings. The summed E-state index contributed by atoms with van der Waals surface area (Å²) in [6, 6.07) is 1.60. The topological polar surface area (TPSA) is 94.6 Å². The highest BCUT2D eigenvalue weighted by Crippen LogP contribution is 2.21. The number of rotatable bonds is 7. The van der Waals surface area contributed by atoms with Crippen molar-refractivity contribution in [2.75, 3.05) is 7.11 Å². The molecule has 120 valence electrons. The number of esters is 1. The van der Waals surface area contributed by atoms with E-state index in [4.69, 9.17) is 14.9 Å². The predicted octanol–water partition coefficient (Wildman–Crippen LogP) is 2.01. The zero-order chi connectivity index (χ0) is 15.2. The lowest BCUT2D eigenvalue weighted by atomic mass is 9.88. The van der Waals surface area contributed by atoms with Crippen molar-refractivity contribution in [1.82, 2.24) is 5.32 Å². The molecule has 1 aromatic heterocycles. The van der Waals surface area contributed by atoms with E-state index in [0.29, 0.717) is 24.2 Å². The normalized spacial score (nSPS) is 10.7. The molecule has 0 spiro atoms. The Labute approximate surface area is 130 Å². The van der Waals surface area contributed by atoms with Crippen molar-refractivity contribution in [3.8, 4) is 0 Å². The van der Waals surface area contributed by atoms with E-state index < -0.39 is 5.54 Å². The Morgan fingerprint density at radius 2 is 2.00 bits per heavy atom. The highest BCUT2D eigenvalue weighted by molar-refractivity contribution is 5.94. The summed E-state index contributed by atoms with van der Waals surface area (Å²) < 4.78 is 9.83. The molecule has 0 atom stereocenters. The molecule has 0 unspecified atom stereocenters. The summed E-state index contributed by atoms with van der Waals surface area (Å²) in [6.07, 6.45) is 2.77. The summed E-state index contributed by atoms with van der Waals surface area (Å²) >= 11 is 0. The van der Waals surface area contributed by atoms with Gasteiger partial charge in [0.05, 0.1) is 31.2 Å². The van der Waals surface area contributed by atoms with E-state index in [1.807, 2.05) is 13.8 Å². The van der Waals surface area contributed by atoms with E-state index in [0.717, 1.165) is 0 Å². The zero-order valence-electron chi connectivity index (χ0n) is 12.6. The van der Waals surface area contributed by atoms with Crippen LogP contribution in [0.2, 0.25) is 0 Å². The fourth-order valence-corrected chi connectivity index (χ4v) is 1.99. The molecule has 0 aliphatic heterocycles. The Kier molecular flexibility index (Phi) is 8.06. The summed E-state index contributed by atoms with van der Waals surface area (Å²) in [5.74, 6) is -0.0772. The van der Waals surface area contributed by atoms with Gasteiger partial charge in [-0.15, -0.1) is 12.4 Å². The minimum absolute atomic E-state index is 0. The maximum absolute atomic E-state index is 12.2. The van der Waals surface area contributed by atoms with Crippen molar-refractivity contribution in [1.29, 1.82) is 0 Å². The first-order valence-electron chi connectivity index (χ1n) is 6.67. The third-order valence-corrected chi connectivity index (χ3v) is 3.56. The zero-order valence-corrected chi connectivity index (χ0v) is 13.4. The monoisotopic (exact) mass is 318 g/mol. The predicted molar refractivity (Wildman–Crippen MR) is 81.3 cm³/mol. The van der Waals surface area contributed by atoms with Crippen LogP contribution in [0.3, 0.4) is 0 Å². The molecule has 0 aromatic carbocycles. The van der Waals surface area contributed by atoms with Crippen LogP contribution in [-0.2, 0) is 16.1 Å². The molecule has 1 amide bonds. The fraction of sp³-hybridized carbons (Fsp3) is 0.571. The van der Waals surface area contributed by atoms with Crippen LogP contribution in [0.15, 0.2) is 16.7 Å². The van der Waals surface area contributed by atoms with Crippen LogP contribution < -0.4 is 11.1 Å². The van der Waals surface area contributed by atoms with Gasteiger partial charge in [0.2, 0.25) is 0 Å². The number of halogens is 1. The van der Waals surface area contributed by atoms with Crippen LogP contribution in [0.5, 0.6) is 0 Å². The number of hydrogen-bond donors (Lipinski definition) is 2. The van der Waals surface area contributed by atoms with Crippen LogP contribution >= 0.6 is 12.4 Å². The van der Waals surface area contributed by atoms with Crippen molar-refractivity contribution in [3.05, 3.63) is 23.7 Å². The fourth-order valence-electron chi connectivity index (χ4n) is 1.99. The van der Waals surface area contributed by atoms with Gasteiger partial charge in [-0.05, 0) is 18.9 Å². The van der Waals surface area contributed by atoms with Gasteiger partial charge in [-0.25, -0.2) is 0 Å². The Morgan fingerprint density at radius 1 is 1.38 bits per heavy atom. The van der Waals surface area contributed by atoms with Crippen LogP contribution in [-0.4, -0.2) is 24.5 Å². The molecule has 0 aliphatic rings. The van der Waals surface area contributed by atoms with Crippen LogP contribution in [0, 0.1) is 0 Å². The van der Waals surface area contributed by atoms with Gasteiger partial charge >= 0.3 is 5.97 Å². The van der Waals surface area contributed by atoms with E-state index in [2.05, 4.69) is 5.32 Å². The first kappa shape index (κ1) is 19.5. The molecule has 0 saturated heterocycles. The van der Waals surface area contributed by atoms with Gasteiger partial charge in [0.15, 0.2) is 0 Å². The molecule has 0 radical (unpaired) electrons. The third kappa shape index (κ3) is 5.06. The number of furan rings is 1. The number of nitrogens with one attached hydrogen (secondary N) is 1. The summed E-state index contributed by atoms with van der Waals surface area (Å²) in [6.45, 7) is 4.09. The average molecular weight is 319 g/mol. The maximum Gasteiger partial charge on any atom is 0.307 e. The molecular formula is C14H23ClN2O4. The quantitative estimate of drug-likeness (QED) is 0.750. The van der Waals surface area contributed by atoms with E-state index in [9.17, 15) is 9.59 Å². The molecule has 6 nitrogen and oxygen atoms in total. The SMILES string of the molecule is CCC(CC)(CC(=O)OC)NC(=O)c1coc(CN)c1.Cl. The molecule has 3 N–H and O–H groups in total. The van der Waals surface area contributed by atoms with E-state index in [1.54, 1.807) is 6.07 Å². The number of amides is 1. The van der Waals surface area contributed by atoms with Gasteiger partial charge in [-0.1, -0.05) is 13.8 Å². The van der Waals surface area contributed by atoms with E-state index >= 15 is 0 Å². The second kappa shape index (κ2) is 8.69. The second-order valence-corrected chi connectivity index (χ2v) is 4.70. The van der Waals surface area contributed by atoms with E-state index in [-0.39, 0.29) is 37.2 Å². The highest BCUT2D eigenvalue weighted by atomic mass is 35.5. The van der Waals surface area contributed by atoms with Crippen molar-refractivity contribution in [2.45, 2.75) is 45.2 Å². The molecule has 7 heteroatoms. The maximum atomic E-state index is 12.2. The lowest BCUT2D eigenvalue weighted by Gasteiger charge is -2.31. The van der Waals surface area contributed by atoms with Gasteiger partial charge in [0.1, 0.15) is 12.0 Å². The van der Waals surface area contributed by atoms with Crippen LogP contribution in [0.4, 0.5) is 0 Å². The van der Waals surface area contributed by atoms with Crippen molar-refractivity contribution in [2.24, 2.45) is 5.73 Å². The summed E-state index contributed by atoms with van der Waals surface area (Å²) in [4.78, 5) is 23.7. The van der Waals surface area contributed by atoms with Crippen molar-refractivity contribution in [3.63, 3.8) is 0 Å². The van der Waals surface area contributed by atoms with Gasteiger partial charge in [0, 0.05) is 0 Å². The molecule has 0 bridgehead atoms. The lowest BCUT2D eigenvalue weighted by molar-refractivity contribution is -0.142. The van der Waals surface area contributed by atoms with Crippen molar-refractivity contribution < 1.29 is 18.7 Å². The Morgan fingerprint density at radius 3 is 2.43 bits per heavy atom. The molecule has 1 aromatic rings. The largest absolute Gasteiger partial charge is 0.469 e. The van der Waals surface area contributed by atoms with Gasteiger partial charge < -0.3 is 20.2 Å². The lowest BCUT2D eigenvalue weighted by Crippen LogP contribution is -2.49. The highest BCUT2D eigenvalue weighted by Gasteiger charge is 2.32. The van der Waals surface area contributed by atoms with Gasteiger partial charge in [-0.2, -0.15) is 0 Å². The molecular weight excluding hydrogens is 296 g/mol. The Bertz CT molecular complexity index is 469. The smallest absolute Gasteiger partial charge is 0.307 e. The number of methoxy groups -OCH3 is 1. The summed E-state index contributed by atoms with van der Waals surface area (Å²) in [5, 5.41) is 2.91. The van der Waals surface area contributed by atoms with Crippen LogP contribution in [0.1, 0.15) is 49.2 Å². The average Bonchev–Trinajstić information content (AvgIpc) is 2.95. The molecule has 1 rings (SSSR count). The summed E-state index contributed by atoms with van der Waals surface area (Å²) in [5.41, 5.74) is 5.24. The minimum atomic E-state index is -0.607. The first-order valence-corrected chi connectivity index (χ1v) is 6.67. The molecule has 1 heterocycles. The molecule has 0 aliphatic carbocycles. The molecule has 21 heavy (non-hydrogen) atoms. The minimum Gasteiger partial charge on any atom is -0.469 e. The number of hydrogen-bond acceptors (Lipinski definition) is 5. The Hall–Kier alpha value is -1.53. The van der Waals surface area contributed by atoms with Gasteiger partial charge in [0.25, 0.3) is 5.91 Å². The molecule has 0 saturated carbocycles. The number of ether oxygens (including phenoxy) is 1. The van der Waals surface area contributed by atoms with E-state index in [1.165, 1.54) is 13.4 Å². The van der Waals surface area contributed by atoms with Gasteiger partial charge in [-0.3, -0.25) is 9.59 Å². The van der Waals surface area contributed by atoms with Crippen molar-refractivity contribution >= 4 is 24.3 Å². The standard InChI is InChI=1S/C14H22N2O4.ClH/c1-4-14(5-2,7-12(17)19-3)16-13(18)10-6-11(8-15)20-9-10;/h6,9H,4-5,7-8,15H2,1-3H3,(H,16,18);1H. The number of carbonyl (C=O) groups excluding carboxylic acids is 2. The number of nitrogens with two attached hydrogens (primary N) is 1. The van der Waals surface area contributed by atoms with Crippen LogP contribution in [0.25, 0.3) is 0 Å². The summed E-state index contributed by atoms with van der Waals surface area (Å²) in [7, 11) is 1.34. The second-order valence-electron chi connectivity index (χ2n) is 4.70. The number of carbonyl (C=O) groups is 2. The first-order chi connectivity index (χ1) is 9.50. The third-order valence-electron chi connectivity index (χ3n) is 3.56.